The highest BCUT2D eigenvalue weighted by molar-refractivity contribution is 5.82. The van der Waals surface area contributed by atoms with Crippen LogP contribution in [0.2, 0.25) is 0 Å². The Kier molecular flexibility index (Phi) is 4.39. The topological polar surface area (TPSA) is 55.1 Å². The zero-order valence-corrected chi connectivity index (χ0v) is 12.5. The van der Waals surface area contributed by atoms with Crippen molar-refractivity contribution in [1.29, 1.82) is 0 Å². The van der Waals surface area contributed by atoms with Crippen molar-refractivity contribution >= 4 is 5.91 Å². The van der Waals surface area contributed by atoms with Crippen LogP contribution in [0.15, 0.2) is 48.5 Å². The Morgan fingerprint density at radius 3 is 2.61 bits per heavy atom. The number of halogens is 2. The molecule has 0 saturated heterocycles. The lowest BCUT2D eigenvalue weighted by molar-refractivity contribution is -0.122. The van der Waals surface area contributed by atoms with Crippen molar-refractivity contribution in [3.8, 4) is 0 Å². The summed E-state index contributed by atoms with van der Waals surface area (Å²) in [4.78, 5) is 12.1. The van der Waals surface area contributed by atoms with Crippen LogP contribution in [-0.2, 0) is 4.79 Å². The molecular formula is C18H18F2N2O. The molecule has 2 aromatic carbocycles. The normalized spacial score (nSPS) is 20.8. The summed E-state index contributed by atoms with van der Waals surface area (Å²) >= 11 is 0. The minimum atomic E-state index is -0.875. The molecule has 0 bridgehead atoms. The quantitative estimate of drug-likeness (QED) is 0.891. The average molecular weight is 316 g/mol. The van der Waals surface area contributed by atoms with Gasteiger partial charge in [-0.3, -0.25) is 4.79 Å². The number of carbonyl (C=O) groups excluding carboxylic acids is 1. The molecule has 0 radical (unpaired) electrons. The van der Waals surface area contributed by atoms with Crippen molar-refractivity contribution in [2.75, 3.05) is 6.54 Å². The Balaban J connectivity index is 1.53. The standard InChI is InChI=1S/C18H18F2N2O/c19-15-7-6-12(8-16(15)20)13-9-14(13)18(23)22-10-17(21)11-4-2-1-3-5-11/h1-8,13-14,17H,9-10,21H2,(H,22,23). The number of carbonyl (C=O) groups is 1. The van der Waals surface area contributed by atoms with Crippen molar-refractivity contribution in [3.63, 3.8) is 0 Å². The number of benzene rings is 2. The minimum absolute atomic E-state index is 0.0435. The van der Waals surface area contributed by atoms with E-state index in [9.17, 15) is 13.6 Å². The number of rotatable bonds is 5. The summed E-state index contributed by atoms with van der Waals surface area (Å²) in [5.74, 6) is -2.07. The first-order valence-corrected chi connectivity index (χ1v) is 7.59. The van der Waals surface area contributed by atoms with Crippen LogP contribution in [0, 0.1) is 17.6 Å². The van der Waals surface area contributed by atoms with E-state index in [1.807, 2.05) is 30.3 Å². The van der Waals surface area contributed by atoms with Crippen LogP contribution in [-0.4, -0.2) is 12.5 Å². The molecule has 1 fully saturated rings. The molecule has 3 N–H and O–H groups in total. The Morgan fingerprint density at radius 1 is 1.17 bits per heavy atom. The monoisotopic (exact) mass is 316 g/mol. The highest BCUT2D eigenvalue weighted by atomic mass is 19.2. The van der Waals surface area contributed by atoms with Gasteiger partial charge in [0.1, 0.15) is 0 Å². The van der Waals surface area contributed by atoms with E-state index < -0.39 is 11.6 Å². The van der Waals surface area contributed by atoms with Gasteiger partial charge in [-0.05, 0) is 35.6 Å². The second-order valence-electron chi connectivity index (χ2n) is 5.88. The number of hydrogen-bond acceptors (Lipinski definition) is 2. The van der Waals surface area contributed by atoms with Crippen LogP contribution in [0.4, 0.5) is 8.78 Å². The lowest BCUT2D eigenvalue weighted by atomic mass is 10.1. The van der Waals surface area contributed by atoms with E-state index >= 15 is 0 Å². The molecule has 0 heterocycles. The minimum Gasteiger partial charge on any atom is -0.354 e. The van der Waals surface area contributed by atoms with Crippen molar-refractivity contribution < 1.29 is 13.6 Å². The predicted molar refractivity (Wildman–Crippen MR) is 83.6 cm³/mol. The molecule has 2 aromatic rings. The zero-order chi connectivity index (χ0) is 16.4. The van der Waals surface area contributed by atoms with E-state index in [2.05, 4.69) is 5.32 Å². The summed E-state index contributed by atoms with van der Waals surface area (Å²) < 4.78 is 26.2. The van der Waals surface area contributed by atoms with Gasteiger partial charge in [0, 0.05) is 18.5 Å². The first-order valence-electron chi connectivity index (χ1n) is 7.59. The largest absolute Gasteiger partial charge is 0.354 e. The Morgan fingerprint density at radius 2 is 1.91 bits per heavy atom. The average Bonchev–Trinajstić information content (AvgIpc) is 3.36. The smallest absolute Gasteiger partial charge is 0.223 e. The maximum atomic E-state index is 13.2. The molecule has 0 spiro atoms. The summed E-state index contributed by atoms with van der Waals surface area (Å²) in [6, 6.07) is 13.1. The van der Waals surface area contributed by atoms with Gasteiger partial charge in [-0.2, -0.15) is 0 Å². The molecule has 1 aliphatic rings. The Bertz CT molecular complexity index is 705. The van der Waals surface area contributed by atoms with Crippen LogP contribution in [0.3, 0.4) is 0 Å². The number of amides is 1. The van der Waals surface area contributed by atoms with Gasteiger partial charge in [0.15, 0.2) is 11.6 Å². The van der Waals surface area contributed by atoms with Crippen LogP contribution in [0.1, 0.15) is 29.5 Å². The summed E-state index contributed by atoms with van der Waals surface area (Å²) in [5.41, 5.74) is 7.66. The maximum Gasteiger partial charge on any atom is 0.223 e. The van der Waals surface area contributed by atoms with Gasteiger partial charge in [-0.15, -0.1) is 0 Å². The zero-order valence-electron chi connectivity index (χ0n) is 12.5. The molecule has 3 atom stereocenters. The van der Waals surface area contributed by atoms with Crippen molar-refractivity contribution in [2.24, 2.45) is 11.7 Å². The molecular weight excluding hydrogens is 298 g/mol. The van der Waals surface area contributed by atoms with Gasteiger partial charge >= 0.3 is 0 Å². The fraction of sp³-hybridized carbons (Fsp3) is 0.278. The Labute approximate surface area is 133 Å². The van der Waals surface area contributed by atoms with E-state index in [4.69, 9.17) is 5.73 Å². The fourth-order valence-electron chi connectivity index (χ4n) is 2.76. The second kappa shape index (κ2) is 6.46. The summed E-state index contributed by atoms with van der Waals surface area (Å²) in [6.45, 7) is 0.351. The molecule has 3 nitrogen and oxygen atoms in total. The molecule has 23 heavy (non-hydrogen) atoms. The van der Waals surface area contributed by atoms with Crippen LogP contribution in [0.5, 0.6) is 0 Å². The Hall–Kier alpha value is -2.27. The molecule has 1 aliphatic carbocycles. The molecule has 0 aliphatic heterocycles. The molecule has 120 valence electrons. The lowest BCUT2D eigenvalue weighted by Crippen LogP contribution is -2.33. The molecule has 5 heteroatoms. The maximum absolute atomic E-state index is 13.2. The number of hydrogen-bond donors (Lipinski definition) is 2. The highest BCUT2D eigenvalue weighted by Crippen LogP contribution is 2.47. The predicted octanol–water partition coefficient (Wildman–Crippen LogP) is 2.88. The summed E-state index contributed by atoms with van der Waals surface area (Å²) in [5, 5.41) is 2.84. The van der Waals surface area contributed by atoms with Crippen molar-refractivity contribution in [2.45, 2.75) is 18.4 Å². The molecule has 3 rings (SSSR count). The summed E-state index contributed by atoms with van der Waals surface area (Å²) in [7, 11) is 0. The van der Waals surface area contributed by atoms with Gasteiger partial charge in [0.2, 0.25) is 5.91 Å². The third-order valence-corrected chi connectivity index (χ3v) is 4.22. The molecule has 3 unspecified atom stereocenters. The first kappa shape index (κ1) is 15.6. The van der Waals surface area contributed by atoms with Gasteiger partial charge in [-0.1, -0.05) is 36.4 Å². The van der Waals surface area contributed by atoms with Crippen molar-refractivity contribution in [3.05, 3.63) is 71.3 Å². The van der Waals surface area contributed by atoms with Crippen LogP contribution >= 0.6 is 0 Å². The third kappa shape index (κ3) is 3.56. The lowest BCUT2D eigenvalue weighted by Gasteiger charge is -2.13. The van der Waals surface area contributed by atoms with Gasteiger partial charge in [-0.25, -0.2) is 8.78 Å². The highest BCUT2D eigenvalue weighted by Gasteiger charge is 2.44. The van der Waals surface area contributed by atoms with Crippen LogP contribution < -0.4 is 11.1 Å². The third-order valence-electron chi connectivity index (χ3n) is 4.22. The molecule has 0 aromatic heterocycles. The van der Waals surface area contributed by atoms with E-state index in [1.165, 1.54) is 12.1 Å². The SMILES string of the molecule is NC(CNC(=O)C1CC1c1ccc(F)c(F)c1)c1ccccc1. The molecule has 1 saturated carbocycles. The van der Waals surface area contributed by atoms with E-state index in [1.54, 1.807) is 0 Å². The fourth-order valence-corrected chi connectivity index (χ4v) is 2.76. The summed E-state index contributed by atoms with van der Waals surface area (Å²) in [6.07, 6.45) is 0.650. The van der Waals surface area contributed by atoms with Gasteiger partial charge < -0.3 is 11.1 Å². The number of nitrogens with one attached hydrogen (secondary N) is 1. The van der Waals surface area contributed by atoms with E-state index in [0.29, 0.717) is 18.5 Å². The van der Waals surface area contributed by atoms with Crippen LogP contribution in [0.25, 0.3) is 0 Å². The van der Waals surface area contributed by atoms with Gasteiger partial charge in [0.25, 0.3) is 0 Å². The first-order chi connectivity index (χ1) is 11.1. The molecule has 1 amide bonds. The van der Waals surface area contributed by atoms with Crippen molar-refractivity contribution in [1.82, 2.24) is 5.32 Å². The second-order valence-corrected chi connectivity index (χ2v) is 5.88. The number of nitrogens with two attached hydrogens (primary N) is 1. The van der Waals surface area contributed by atoms with E-state index in [-0.39, 0.29) is 23.8 Å². The van der Waals surface area contributed by atoms with Gasteiger partial charge in [0.05, 0.1) is 0 Å². The van der Waals surface area contributed by atoms with E-state index in [0.717, 1.165) is 11.6 Å².